The third kappa shape index (κ3) is 4.13. The van der Waals surface area contributed by atoms with E-state index in [1.54, 1.807) is 6.20 Å². The van der Waals surface area contributed by atoms with Crippen LogP contribution in [0.4, 0.5) is 0 Å². The van der Waals surface area contributed by atoms with Gasteiger partial charge < -0.3 is 20.1 Å². The molecule has 2 N–H and O–H groups in total. The first-order valence-electron chi connectivity index (χ1n) is 7.12. The maximum Gasteiger partial charge on any atom is 0.263 e. The first kappa shape index (κ1) is 17.5. The molecule has 3 rings (SSSR count). The molecule has 0 atom stereocenters. The Hall–Kier alpha value is -1.83. The number of nitrogens with one attached hydrogen (secondary N) is 2. The summed E-state index contributed by atoms with van der Waals surface area (Å²) in [6.45, 7) is 4.53. The second-order valence-electron chi connectivity index (χ2n) is 4.71. The van der Waals surface area contributed by atoms with Crippen LogP contribution in [0.1, 0.15) is 16.6 Å². The van der Waals surface area contributed by atoms with Gasteiger partial charge in [-0.2, -0.15) is 0 Å². The summed E-state index contributed by atoms with van der Waals surface area (Å²) >= 11 is 1.36. The molecule has 6 nitrogen and oxygen atoms in total. The number of hydrogen-bond donors (Lipinski definition) is 2. The van der Waals surface area contributed by atoms with Gasteiger partial charge in [-0.1, -0.05) is 6.92 Å². The van der Waals surface area contributed by atoms with Gasteiger partial charge in [0, 0.05) is 18.7 Å². The zero-order valence-electron chi connectivity index (χ0n) is 12.6. The lowest BCUT2D eigenvalue weighted by molar-refractivity contribution is 0.0958. The molecule has 0 spiro atoms. The van der Waals surface area contributed by atoms with Gasteiger partial charge in [-0.3, -0.25) is 4.79 Å². The average molecular weight is 356 g/mol. The molecule has 23 heavy (non-hydrogen) atoms. The Labute approximate surface area is 144 Å². The fourth-order valence-electron chi connectivity index (χ4n) is 2.07. The highest BCUT2D eigenvalue weighted by Crippen LogP contribution is 2.36. The average Bonchev–Trinajstić information content (AvgIpc) is 3.19. The number of thiazole rings is 1. The maximum atomic E-state index is 12.0. The fourth-order valence-corrected chi connectivity index (χ4v) is 2.90. The topological polar surface area (TPSA) is 72.5 Å². The van der Waals surface area contributed by atoms with Crippen molar-refractivity contribution in [2.75, 3.05) is 26.4 Å². The molecular weight excluding hydrogens is 338 g/mol. The van der Waals surface area contributed by atoms with Gasteiger partial charge in [0.05, 0.1) is 6.20 Å². The standard InChI is InChI=1S/C15H17N3O3S.ClH/c1-2-16-5-6-17-14(19)13-8-18-15(22-13)10-3-4-11-12(7-10)21-9-20-11;/h3-4,7-8,16H,2,5-6,9H2,1H3,(H,17,19);1H. The number of ether oxygens (including phenoxy) is 2. The number of rotatable bonds is 6. The van der Waals surface area contributed by atoms with Gasteiger partial charge in [0.1, 0.15) is 9.88 Å². The number of benzene rings is 1. The molecule has 2 aromatic rings. The van der Waals surface area contributed by atoms with Gasteiger partial charge in [0.25, 0.3) is 5.91 Å². The van der Waals surface area contributed by atoms with Crippen molar-refractivity contribution in [3.05, 3.63) is 29.3 Å². The summed E-state index contributed by atoms with van der Waals surface area (Å²) in [4.78, 5) is 17.0. The van der Waals surface area contributed by atoms with E-state index in [-0.39, 0.29) is 25.1 Å². The highest BCUT2D eigenvalue weighted by atomic mass is 35.5. The number of carbonyl (C=O) groups excluding carboxylic acids is 1. The van der Waals surface area contributed by atoms with Crippen LogP contribution in [0.3, 0.4) is 0 Å². The molecule has 0 saturated carbocycles. The molecule has 0 unspecified atom stereocenters. The molecule has 1 amide bonds. The molecule has 1 aromatic carbocycles. The van der Waals surface area contributed by atoms with Crippen LogP contribution >= 0.6 is 23.7 Å². The Morgan fingerprint density at radius 2 is 2.13 bits per heavy atom. The van der Waals surface area contributed by atoms with Crippen molar-refractivity contribution in [3.8, 4) is 22.1 Å². The third-order valence-corrected chi connectivity index (χ3v) is 4.23. The third-order valence-electron chi connectivity index (χ3n) is 3.19. The lowest BCUT2D eigenvalue weighted by Crippen LogP contribution is -2.31. The number of nitrogens with zero attached hydrogens (tertiary/aromatic N) is 1. The van der Waals surface area contributed by atoms with E-state index in [9.17, 15) is 4.79 Å². The summed E-state index contributed by atoms with van der Waals surface area (Å²) < 4.78 is 10.6. The molecule has 0 aliphatic carbocycles. The number of halogens is 1. The van der Waals surface area contributed by atoms with Gasteiger partial charge in [0.2, 0.25) is 6.79 Å². The normalized spacial score (nSPS) is 11.9. The van der Waals surface area contributed by atoms with E-state index in [1.807, 2.05) is 25.1 Å². The van der Waals surface area contributed by atoms with Gasteiger partial charge >= 0.3 is 0 Å². The predicted molar refractivity (Wildman–Crippen MR) is 91.8 cm³/mol. The quantitative estimate of drug-likeness (QED) is 0.778. The number of carbonyl (C=O) groups is 1. The summed E-state index contributed by atoms with van der Waals surface area (Å²) in [6, 6.07) is 5.66. The number of amides is 1. The molecule has 1 aliphatic rings. The highest BCUT2D eigenvalue weighted by molar-refractivity contribution is 7.16. The van der Waals surface area contributed by atoms with E-state index in [2.05, 4.69) is 15.6 Å². The maximum absolute atomic E-state index is 12.0. The van der Waals surface area contributed by atoms with Crippen LogP contribution in [-0.4, -0.2) is 37.3 Å². The molecule has 2 heterocycles. The van der Waals surface area contributed by atoms with Crippen LogP contribution in [-0.2, 0) is 0 Å². The Balaban J connectivity index is 0.00000192. The fraction of sp³-hybridized carbons (Fsp3) is 0.333. The monoisotopic (exact) mass is 355 g/mol. The summed E-state index contributed by atoms with van der Waals surface area (Å²) in [5, 5.41) is 6.81. The Morgan fingerprint density at radius 1 is 1.30 bits per heavy atom. The minimum atomic E-state index is -0.0950. The number of fused-ring (bicyclic) bond motifs is 1. The lowest BCUT2D eigenvalue weighted by Gasteiger charge is -2.03. The zero-order chi connectivity index (χ0) is 15.4. The smallest absolute Gasteiger partial charge is 0.263 e. The van der Waals surface area contributed by atoms with Crippen molar-refractivity contribution >= 4 is 29.7 Å². The molecule has 1 aromatic heterocycles. The van der Waals surface area contributed by atoms with E-state index >= 15 is 0 Å². The molecule has 8 heteroatoms. The van der Waals surface area contributed by atoms with Crippen molar-refractivity contribution in [2.24, 2.45) is 0 Å². The van der Waals surface area contributed by atoms with Crippen LogP contribution < -0.4 is 20.1 Å². The minimum Gasteiger partial charge on any atom is -0.454 e. The van der Waals surface area contributed by atoms with Crippen LogP contribution in [0, 0.1) is 0 Å². The van der Waals surface area contributed by atoms with Crippen molar-refractivity contribution in [1.82, 2.24) is 15.6 Å². The molecule has 0 fully saturated rings. The molecule has 124 valence electrons. The number of aromatic nitrogens is 1. The van der Waals surface area contributed by atoms with E-state index in [0.29, 0.717) is 17.2 Å². The van der Waals surface area contributed by atoms with Crippen molar-refractivity contribution in [1.29, 1.82) is 0 Å². The number of likely N-dealkylation sites (N-methyl/N-ethyl adjacent to an activating group) is 1. The summed E-state index contributed by atoms with van der Waals surface area (Å²) in [7, 11) is 0. The van der Waals surface area contributed by atoms with Gasteiger partial charge in [-0.25, -0.2) is 4.98 Å². The summed E-state index contributed by atoms with van der Waals surface area (Å²) in [6.07, 6.45) is 1.60. The van der Waals surface area contributed by atoms with Crippen LogP contribution in [0.2, 0.25) is 0 Å². The molecular formula is C15H18ClN3O3S. The SMILES string of the molecule is CCNCCNC(=O)c1cnc(-c2ccc3c(c2)OCO3)s1.Cl. The highest BCUT2D eigenvalue weighted by Gasteiger charge is 2.16. The van der Waals surface area contributed by atoms with E-state index in [4.69, 9.17) is 9.47 Å². The van der Waals surface area contributed by atoms with Crippen molar-refractivity contribution in [3.63, 3.8) is 0 Å². The molecule has 1 aliphatic heterocycles. The Kier molecular flexibility index (Phi) is 6.20. The summed E-state index contributed by atoms with van der Waals surface area (Å²) in [5.74, 6) is 1.36. The Morgan fingerprint density at radius 3 is 2.96 bits per heavy atom. The van der Waals surface area contributed by atoms with Crippen LogP contribution in [0.5, 0.6) is 11.5 Å². The molecule has 0 bridgehead atoms. The van der Waals surface area contributed by atoms with Gasteiger partial charge in [-0.15, -0.1) is 23.7 Å². The summed E-state index contributed by atoms with van der Waals surface area (Å²) in [5.41, 5.74) is 0.918. The number of hydrogen-bond acceptors (Lipinski definition) is 6. The minimum absolute atomic E-state index is 0. The van der Waals surface area contributed by atoms with Crippen LogP contribution in [0.25, 0.3) is 10.6 Å². The van der Waals surface area contributed by atoms with Gasteiger partial charge in [0.15, 0.2) is 11.5 Å². The zero-order valence-corrected chi connectivity index (χ0v) is 14.3. The predicted octanol–water partition coefficient (Wildman–Crippen LogP) is 2.30. The largest absolute Gasteiger partial charge is 0.454 e. The van der Waals surface area contributed by atoms with Crippen molar-refractivity contribution < 1.29 is 14.3 Å². The van der Waals surface area contributed by atoms with E-state index in [1.165, 1.54) is 11.3 Å². The molecule has 0 radical (unpaired) electrons. The van der Waals surface area contributed by atoms with Gasteiger partial charge in [-0.05, 0) is 24.7 Å². The first-order valence-corrected chi connectivity index (χ1v) is 7.94. The first-order chi connectivity index (χ1) is 10.8. The lowest BCUT2D eigenvalue weighted by atomic mass is 10.2. The van der Waals surface area contributed by atoms with Crippen LogP contribution in [0.15, 0.2) is 24.4 Å². The molecule has 0 saturated heterocycles. The Bertz CT molecular complexity index is 678. The van der Waals surface area contributed by atoms with Crippen molar-refractivity contribution in [2.45, 2.75) is 6.92 Å². The van der Waals surface area contributed by atoms with E-state index in [0.717, 1.165) is 29.4 Å². The second-order valence-corrected chi connectivity index (χ2v) is 5.74. The van der Waals surface area contributed by atoms with E-state index < -0.39 is 0 Å². The second kappa shape index (κ2) is 8.14.